The predicted octanol–water partition coefficient (Wildman–Crippen LogP) is 0.507. The number of carbonyl (C=O) groups excluding carboxylic acids is 2. The molecule has 1 aliphatic heterocycles. The molecule has 1 N–H and O–H groups in total. The van der Waals surface area contributed by atoms with Crippen LogP contribution in [0, 0.1) is 17.8 Å². The van der Waals surface area contributed by atoms with Crippen LogP contribution in [0.25, 0.3) is 0 Å². The van der Waals surface area contributed by atoms with Crippen molar-refractivity contribution in [3.05, 3.63) is 0 Å². The number of likely N-dealkylation sites (tertiary alicyclic amines) is 1. The Hall–Kier alpha value is -1.43. The van der Waals surface area contributed by atoms with E-state index in [0.717, 1.165) is 24.2 Å². The maximum absolute atomic E-state index is 12.2. The Bertz CT molecular complexity index is 384. The van der Waals surface area contributed by atoms with Crippen molar-refractivity contribution in [2.75, 3.05) is 13.7 Å². The number of ether oxygens (including phenoxy) is 1. The maximum atomic E-state index is 12.2. The van der Waals surface area contributed by atoms with Gasteiger partial charge in [0.15, 0.2) is 6.10 Å². The number of hydrogen-bond donors (Lipinski definition) is 1. The highest BCUT2D eigenvalue weighted by molar-refractivity contribution is 6.05. The largest absolute Gasteiger partial charge is 0.479 e. The number of imide groups is 1. The third-order valence-corrected chi connectivity index (χ3v) is 4.31. The minimum Gasteiger partial charge on any atom is -0.479 e. The summed E-state index contributed by atoms with van der Waals surface area (Å²) in [7, 11) is 1.26. The molecule has 1 heterocycles. The van der Waals surface area contributed by atoms with Crippen molar-refractivity contribution in [3.63, 3.8) is 0 Å². The van der Waals surface area contributed by atoms with Crippen LogP contribution in [-0.2, 0) is 19.1 Å². The molecule has 2 rings (SSSR count). The van der Waals surface area contributed by atoms with Crippen LogP contribution < -0.4 is 0 Å². The number of carboxylic acid groups (broad SMARTS) is 1. The number of aliphatic carboxylic acids is 1. The Labute approximate surface area is 111 Å². The quantitative estimate of drug-likeness (QED) is 0.735. The SMILES string of the molecule is CCC1CC2C(=O)N(CC(OC)C(=O)O)C(=O)C2C1. The highest BCUT2D eigenvalue weighted by Gasteiger charge is 2.52. The molecule has 6 heteroatoms. The van der Waals surface area contributed by atoms with Crippen molar-refractivity contribution in [2.24, 2.45) is 17.8 Å². The summed E-state index contributed by atoms with van der Waals surface area (Å²) in [6.07, 6.45) is 1.32. The normalized spacial score (nSPS) is 31.7. The second-order valence-electron chi connectivity index (χ2n) is 5.31. The van der Waals surface area contributed by atoms with Crippen LogP contribution in [-0.4, -0.2) is 47.5 Å². The minimum atomic E-state index is -1.16. The Balaban J connectivity index is 2.08. The van der Waals surface area contributed by atoms with Crippen LogP contribution in [0.3, 0.4) is 0 Å². The molecule has 3 atom stereocenters. The van der Waals surface area contributed by atoms with Gasteiger partial charge >= 0.3 is 5.97 Å². The Morgan fingerprint density at radius 3 is 2.26 bits per heavy atom. The summed E-state index contributed by atoms with van der Waals surface area (Å²) in [5, 5.41) is 8.91. The van der Waals surface area contributed by atoms with Crippen molar-refractivity contribution >= 4 is 17.8 Å². The van der Waals surface area contributed by atoms with Crippen LogP contribution in [0.1, 0.15) is 26.2 Å². The van der Waals surface area contributed by atoms with E-state index in [1.807, 2.05) is 0 Å². The molecule has 0 aromatic rings. The van der Waals surface area contributed by atoms with Crippen LogP contribution in [0.4, 0.5) is 0 Å². The molecule has 0 bridgehead atoms. The number of fused-ring (bicyclic) bond motifs is 1. The van der Waals surface area contributed by atoms with E-state index in [1.54, 1.807) is 0 Å². The number of carbonyl (C=O) groups is 3. The first-order valence-electron chi connectivity index (χ1n) is 6.60. The zero-order valence-electron chi connectivity index (χ0n) is 11.2. The van der Waals surface area contributed by atoms with E-state index in [-0.39, 0.29) is 30.2 Å². The Kier molecular flexibility index (Phi) is 3.89. The molecule has 0 radical (unpaired) electrons. The molecule has 0 aromatic carbocycles. The molecule has 19 heavy (non-hydrogen) atoms. The summed E-state index contributed by atoms with van der Waals surface area (Å²) in [4.78, 5) is 36.4. The molecule has 2 aliphatic rings. The smallest absolute Gasteiger partial charge is 0.334 e. The van der Waals surface area contributed by atoms with Gasteiger partial charge in [0, 0.05) is 7.11 Å². The van der Waals surface area contributed by atoms with Gasteiger partial charge in [-0.3, -0.25) is 14.5 Å². The number of carboxylic acids is 1. The molecule has 2 amide bonds. The van der Waals surface area contributed by atoms with E-state index < -0.39 is 12.1 Å². The van der Waals surface area contributed by atoms with Crippen molar-refractivity contribution in [1.82, 2.24) is 4.90 Å². The van der Waals surface area contributed by atoms with Gasteiger partial charge < -0.3 is 9.84 Å². The van der Waals surface area contributed by atoms with E-state index in [9.17, 15) is 14.4 Å². The van der Waals surface area contributed by atoms with E-state index >= 15 is 0 Å². The predicted molar refractivity (Wildman–Crippen MR) is 65.1 cm³/mol. The Morgan fingerprint density at radius 2 is 1.89 bits per heavy atom. The zero-order valence-corrected chi connectivity index (χ0v) is 11.2. The second kappa shape index (κ2) is 5.28. The van der Waals surface area contributed by atoms with E-state index in [1.165, 1.54) is 7.11 Å². The van der Waals surface area contributed by atoms with Gasteiger partial charge in [-0.05, 0) is 18.8 Å². The first-order chi connectivity index (χ1) is 8.99. The molecular weight excluding hydrogens is 250 g/mol. The van der Waals surface area contributed by atoms with E-state index in [2.05, 4.69) is 6.92 Å². The fraction of sp³-hybridized carbons (Fsp3) is 0.769. The lowest BCUT2D eigenvalue weighted by Crippen LogP contribution is -2.42. The maximum Gasteiger partial charge on any atom is 0.334 e. The van der Waals surface area contributed by atoms with Gasteiger partial charge in [-0.2, -0.15) is 0 Å². The molecule has 1 aliphatic carbocycles. The average molecular weight is 269 g/mol. The molecule has 1 saturated heterocycles. The monoisotopic (exact) mass is 269 g/mol. The summed E-state index contributed by atoms with van der Waals surface area (Å²) in [5.41, 5.74) is 0. The van der Waals surface area contributed by atoms with Gasteiger partial charge in [0.2, 0.25) is 11.8 Å². The van der Waals surface area contributed by atoms with Crippen molar-refractivity contribution in [3.8, 4) is 0 Å². The molecule has 1 saturated carbocycles. The molecule has 0 aromatic heterocycles. The minimum absolute atomic E-state index is 0.187. The van der Waals surface area contributed by atoms with Crippen molar-refractivity contribution < 1.29 is 24.2 Å². The molecule has 106 valence electrons. The standard InChI is InChI=1S/C13H19NO5/c1-3-7-4-8-9(5-7)12(16)14(11(8)15)6-10(19-2)13(17)18/h7-10H,3-6H2,1-2H3,(H,17,18). The summed E-state index contributed by atoms with van der Waals surface area (Å²) in [5.74, 6) is -1.68. The van der Waals surface area contributed by atoms with Crippen LogP contribution in [0.5, 0.6) is 0 Å². The van der Waals surface area contributed by atoms with Gasteiger partial charge in [0.05, 0.1) is 18.4 Å². The lowest BCUT2D eigenvalue weighted by atomic mass is 10.00. The molecular formula is C13H19NO5. The van der Waals surface area contributed by atoms with E-state index in [4.69, 9.17) is 9.84 Å². The van der Waals surface area contributed by atoms with Gasteiger partial charge in [-0.15, -0.1) is 0 Å². The van der Waals surface area contributed by atoms with E-state index in [0.29, 0.717) is 5.92 Å². The summed E-state index contributed by atoms with van der Waals surface area (Å²) in [6.45, 7) is 1.87. The molecule has 2 fully saturated rings. The summed E-state index contributed by atoms with van der Waals surface area (Å²) >= 11 is 0. The molecule has 3 unspecified atom stereocenters. The number of rotatable bonds is 5. The van der Waals surface area contributed by atoms with Crippen LogP contribution in [0.15, 0.2) is 0 Å². The fourth-order valence-corrected chi connectivity index (χ4v) is 3.13. The lowest BCUT2D eigenvalue weighted by Gasteiger charge is -2.20. The van der Waals surface area contributed by atoms with Gasteiger partial charge in [-0.1, -0.05) is 13.3 Å². The topological polar surface area (TPSA) is 83.9 Å². The number of methoxy groups -OCH3 is 1. The summed E-state index contributed by atoms with van der Waals surface area (Å²) in [6, 6.07) is 0. The molecule has 6 nitrogen and oxygen atoms in total. The zero-order chi connectivity index (χ0) is 14.2. The third kappa shape index (κ3) is 2.36. The average Bonchev–Trinajstić information content (AvgIpc) is 2.89. The highest BCUT2D eigenvalue weighted by atomic mass is 16.5. The lowest BCUT2D eigenvalue weighted by molar-refractivity contribution is -0.152. The number of hydrogen-bond acceptors (Lipinski definition) is 4. The van der Waals surface area contributed by atoms with Gasteiger partial charge in [0.25, 0.3) is 0 Å². The van der Waals surface area contributed by atoms with Crippen molar-refractivity contribution in [1.29, 1.82) is 0 Å². The van der Waals surface area contributed by atoms with Crippen LogP contribution >= 0.6 is 0 Å². The first kappa shape index (κ1) is 14.0. The first-order valence-corrected chi connectivity index (χ1v) is 6.60. The number of nitrogens with zero attached hydrogens (tertiary/aromatic N) is 1. The van der Waals surface area contributed by atoms with Gasteiger partial charge in [-0.25, -0.2) is 4.79 Å². The summed E-state index contributed by atoms with van der Waals surface area (Å²) < 4.78 is 4.79. The van der Waals surface area contributed by atoms with Gasteiger partial charge in [0.1, 0.15) is 0 Å². The van der Waals surface area contributed by atoms with Crippen LogP contribution in [0.2, 0.25) is 0 Å². The Morgan fingerprint density at radius 1 is 1.37 bits per heavy atom. The highest BCUT2D eigenvalue weighted by Crippen LogP contribution is 2.44. The fourth-order valence-electron chi connectivity index (χ4n) is 3.13. The molecule has 0 spiro atoms. The second-order valence-corrected chi connectivity index (χ2v) is 5.31. The number of amides is 2. The third-order valence-electron chi connectivity index (χ3n) is 4.31. The van der Waals surface area contributed by atoms with Crippen molar-refractivity contribution in [2.45, 2.75) is 32.3 Å².